The minimum absolute atomic E-state index is 0.104. The van der Waals surface area contributed by atoms with E-state index >= 15 is 0 Å². The van der Waals surface area contributed by atoms with Gasteiger partial charge in [0.2, 0.25) is 0 Å². The summed E-state index contributed by atoms with van der Waals surface area (Å²) in [5.74, 6) is 0.104. The molecule has 64 heavy (non-hydrogen) atoms. The average Bonchev–Trinajstić information content (AvgIpc) is 3.78. The van der Waals surface area contributed by atoms with E-state index in [1.54, 1.807) is 0 Å². The van der Waals surface area contributed by atoms with Gasteiger partial charge in [-0.25, -0.2) is 0 Å². The third-order valence-corrected chi connectivity index (χ3v) is 14.0. The Morgan fingerprint density at radius 3 is 1.38 bits per heavy atom. The summed E-state index contributed by atoms with van der Waals surface area (Å²) in [6.07, 6.45) is 2.26. The summed E-state index contributed by atoms with van der Waals surface area (Å²) in [7, 11) is 0. The van der Waals surface area contributed by atoms with Crippen LogP contribution in [-0.2, 0) is 5.41 Å². The monoisotopic (exact) mass is 815 g/mol. The maximum atomic E-state index is 5.61. The van der Waals surface area contributed by atoms with Gasteiger partial charge in [-0.1, -0.05) is 232 Å². The number of fused-ring (bicyclic) bond motifs is 10. The molecule has 1 aliphatic heterocycles. The van der Waals surface area contributed by atoms with Crippen LogP contribution in [0.2, 0.25) is 0 Å². The molecule has 1 unspecified atom stereocenters. The Morgan fingerprint density at radius 2 is 0.797 bits per heavy atom. The van der Waals surface area contributed by atoms with E-state index in [1.165, 1.54) is 94.6 Å². The Morgan fingerprint density at radius 1 is 0.375 bits per heavy atom. The largest absolute Gasteiger partial charge is 0.275 e. The van der Waals surface area contributed by atoms with Gasteiger partial charge in [0.1, 0.15) is 0 Å². The van der Waals surface area contributed by atoms with Crippen molar-refractivity contribution in [2.24, 2.45) is 10.9 Å². The van der Waals surface area contributed by atoms with E-state index in [4.69, 9.17) is 4.99 Å². The molecule has 2 aliphatic carbocycles. The number of hydrogen-bond acceptors (Lipinski definition) is 1. The molecule has 0 bridgehead atoms. The van der Waals surface area contributed by atoms with Crippen LogP contribution in [0.5, 0.6) is 0 Å². The quantitative estimate of drug-likeness (QED) is 0.159. The summed E-state index contributed by atoms with van der Waals surface area (Å²) in [6, 6.07) is 82.3. The highest BCUT2D eigenvalue weighted by Crippen LogP contribution is 2.63. The zero-order valence-corrected chi connectivity index (χ0v) is 35.7. The molecular formula is C63H45N. The molecule has 12 rings (SSSR count). The summed E-state index contributed by atoms with van der Waals surface area (Å²) in [5, 5.41) is 0. The van der Waals surface area contributed by atoms with Gasteiger partial charge in [-0.2, -0.15) is 0 Å². The minimum Gasteiger partial charge on any atom is -0.275 e. The van der Waals surface area contributed by atoms with Gasteiger partial charge in [0.05, 0.1) is 17.2 Å². The maximum Gasteiger partial charge on any atom is 0.0822 e. The maximum absolute atomic E-state index is 5.61. The molecule has 1 nitrogen and oxygen atoms in total. The molecule has 0 amide bonds. The predicted octanol–water partition coefficient (Wildman–Crippen LogP) is 15.9. The molecule has 1 spiro atoms. The van der Waals surface area contributed by atoms with Crippen molar-refractivity contribution in [1.29, 1.82) is 0 Å². The van der Waals surface area contributed by atoms with Crippen LogP contribution in [0.25, 0.3) is 61.2 Å². The molecule has 0 N–H and O–H groups in total. The van der Waals surface area contributed by atoms with E-state index in [1.807, 2.05) is 0 Å². The van der Waals surface area contributed by atoms with Crippen molar-refractivity contribution < 1.29 is 0 Å². The highest BCUT2D eigenvalue weighted by atomic mass is 14.8. The van der Waals surface area contributed by atoms with Crippen molar-refractivity contribution in [3.8, 4) is 55.6 Å². The Balaban J connectivity index is 0.945. The molecule has 3 aliphatic rings. The fraction of sp³-hybridized carbons (Fsp3) is 0.0635. The van der Waals surface area contributed by atoms with Crippen molar-refractivity contribution in [2.75, 3.05) is 0 Å². The van der Waals surface area contributed by atoms with E-state index in [9.17, 15) is 0 Å². The fourth-order valence-corrected chi connectivity index (χ4v) is 11.1. The lowest BCUT2D eigenvalue weighted by Gasteiger charge is -2.30. The summed E-state index contributed by atoms with van der Waals surface area (Å²) in [4.78, 5) is 5.61. The molecular weight excluding hydrogens is 771 g/mol. The predicted molar refractivity (Wildman–Crippen MR) is 267 cm³/mol. The van der Waals surface area contributed by atoms with Crippen molar-refractivity contribution in [1.82, 2.24) is 0 Å². The minimum atomic E-state index is -0.386. The number of hydrogen-bond donors (Lipinski definition) is 0. The summed E-state index contributed by atoms with van der Waals surface area (Å²) in [5.41, 5.74) is 24.1. The van der Waals surface area contributed by atoms with Crippen LogP contribution >= 0.6 is 0 Å². The third kappa shape index (κ3) is 5.89. The number of aliphatic imine (C=N–C) groups is 1. The van der Waals surface area contributed by atoms with Gasteiger partial charge in [-0.3, -0.25) is 4.99 Å². The van der Waals surface area contributed by atoms with Crippen LogP contribution in [-0.4, -0.2) is 5.71 Å². The summed E-state index contributed by atoms with van der Waals surface area (Å²) >= 11 is 0. The second kappa shape index (κ2) is 15.2. The van der Waals surface area contributed by atoms with Gasteiger partial charge in [-0.15, -0.1) is 0 Å². The second-order valence-corrected chi connectivity index (χ2v) is 17.5. The standard InChI is InChI=1S/C63H45N/c1-41-39-56(45-19-7-4-8-20-45)42(2)62(64-61(41)47-33-29-44(30-34-47)43-17-5-3-6-18-43)48-35-31-46(32-36-48)50-21-9-10-22-51(50)49-37-38-55-54-25-13-16-28-59(54)63(60(55)40-49)57-26-14-11-23-52(57)53-24-12-15-27-58(53)63/h3-40,42,62H,1H2,2H3/t42-,62?/m0/s1. The molecule has 2 atom stereocenters. The third-order valence-electron chi connectivity index (χ3n) is 14.0. The molecule has 0 radical (unpaired) electrons. The number of rotatable bonds is 6. The Labute approximate surface area is 376 Å². The highest BCUT2D eigenvalue weighted by molar-refractivity contribution is 6.15. The number of allylic oxidation sites excluding steroid dienone is 2. The second-order valence-electron chi connectivity index (χ2n) is 17.5. The van der Waals surface area contributed by atoms with Crippen molar-refractivity contribution in [3.05, 3.63) is 282 Å². The van der Waals surface area contributed by atoms with E-state index < -0.39 is 0 Å². The van der Waals surface area contributed by atoms with E-state index in [2.05, 4.69) is 244 Å². The first-order valence-electron chi connectivity index (χ1n) is 22.4. The number of benzene rings is 9. The Kier molecular flexibility index (Phi) is 8.98. The van der Waals surface area contributed by atoms with Crippen LogP contribution in [0.15, 0.2) is 248 Å². The fourth-order valence-electron chi connectivity index (χ4n) is 11.1. The van der Waals surface area contributed by atoms with E-state index in [-0.39, 0.29) is 17.4 Å². The SMILES string of the molecule is C=C1C=C(c2ccccc2)[C@H](C)C(c2ccc(-c3ccccc3-c3ccc4c(c3)C3(c5ccccc5-c5ccccc53)c3ccccc3-4)cc2)N=C1c1ccc(-c2ccccc2)cc1. The smallest absolute Gasteiger partial charge is 0.0822 e. The van der Waals surface area contributed by atoms with Crippen molar-refractivity contribution in [3.63, 3.8) is 0 Å². The Bertz CT molecular complexity index is 3270. The Hall–Kier alpha value is -7.87. The summed E-state index contributed by atoms with van der Waals surface area (Å²) in [6.45, 7) is 6.93. The molecule has 0 fully saturated rings. The van der Waals surface area contributed by atoms with Gasteiger partial charge >= 0.3 is 0 Å². The normalized spacial score (nSPS) is 16.5. The van der Waals surface area contributed by atoms with Gasteiger partial charge < -0.3 is 0 Å². The first-order valence-corrected chi connectivity index (χ1v) is 22.4. The molecule has 302 valence electrons. The van der Waals surface area contributed by atoms with E-state index in [0.29, 0.717) is 0 Å². The highest BCUT2D eigenvalue weighted by Gasteiger charge is 2.51. The molecule has 9 aromatic carbocycles. The number of nitrogens with zero attached hydrogens (tertiary/aromatic N) is 1. The van der Waals surface area contributed by atoms with Gasteiger partial charge in [0.25, 0.3) is 0 Å². The van der Waals surface area contributed by atoms with Crippen LogP contribution in [0.4, 0.5) is 0 Å². The molecule has 0 saturated heterocycles. The zero-order chi connectivity index (χ0) is 42.8. The van der Waals surface area contributed by atoms with Crippen LogP contribution in [0.3, 0.4) is 0 Å². The topological polar surface area (TPSA) is 12.4 Å². The van der Waals surface area contributed by atoms with Crippen LogP contribution < -0.4 is 0 Å². The summed E-state index contributed by atoms with van der Waals surface area (Å²) < 4.78 is 0. The first kappa shape index (κ1) is 37.9. The molecule has 0 saturated carbocycles. The van der Waals surface area contributed by atoms with E-state index in [0.717, 1.165) is 16.8 Å². The molecule has 1 heterocycles. The lowest BCUT2D eigenvalue weighted by Crippen LogP contribution is -2.25. The van der Waals surface area contributed by atoms with Gasteiger partial charge in [0.15, 0.2) is 0 Å². The lowest BCUT2D eigenvalue weighted by atomic mass is 9.70. The van der Waals surface area contributed by atoms with Gasteiger partial charge in [-0.05, 0) is 112 Å². The van der Waals surface area contributed by atoms with Gasteiger partial charge in [0, 0.05) is 11.5 Å². The molecule has 0 aromatic heterocycles. The zero-order valence-electron chi connectivity index (χ0n) is 35.7. The van der Waals surface area contributed by atoms with Crippen molar-refractivity contribution in [2.45, 2.75) is 18.4 Å². The van der Waals surface area contributed by atoms with Crippen LogP contribution in [0, 0.1) is 5.92 Å². The van der Waals surface area contributed by atoms with Crippen molar-refractivity contribution >= 4 is 11.3 Å². The van der Waals surface area contributed by atoms with Crippen LogP contribution in [0.1, 0.15) is 51.9 Å². The molecule has 1 heteroatoms. The first-order chi connectivity index (χ1) is 31.6. The average molecular weight is 816 g/mol. The molecule has 9 aromatic rings. The lowest BCUT2D eigenvalue weighted by molar-refractivity contribution is 0.587.